The first-order chi connectivity index (χ1) is 3.93. The molecule has 0 amide bonds. The Labute approximate surface area is 50.6 Å². The standard InChI is InChI=1S/C7H13N/c8-6-7-4-2-1-3-5-7/h2,4,7H,1,3,5-6,8H2. The Hall–Kier alpha value is -0.300. The Morgan fingerprint density at radius 1 is 1.62 bits per heavy atom. The zero-order valence-corrected chi connectivity index (χ0v) is 5.14. The Morgan fingerprint density at radius 3 is 2.88 bits per heavy atom. The third-order valence-electron chi connectivity index (χ3n) is 1.66. The van der Waals surface area contributed by atoms with Crippen LogP contribution < -0.4 is 5.73 Å². The zero-order chi connectivity index (χ0) is 5.82. The van der Waals surface area contributed by atoms with Crippen molar-refractivity contribution in [1.29, 1.82) is 0 Å². The van der Waals surface area contributed by atoms with Crippen LogP contribution in [0.4, 0.5) is 0 Å². The first kappa shape index (κ1) is 5.83. The molecule has 0 bridgehead atoms. The Morgan fingerprint density at radius 2 is 2.50 bits per heavy atom. The summed E-state index contributed by atoms with van der Waals surface area (Å²) >= 11 is 0. The fourth-order valence-electron chi connectivity index (χ4n) is 1.08. The number of hydrogen-bond acceptors (Lipinski definition) is 1. The van der Waals surface area contributed by atoms with E-state index in [9.17, 15) is 0 Å². The molecule has 8 heavy (non-hydrogen) atoms. The van der Waals surface area contributed by atoms with Crippen LogP contribution in [0.5, 0.6) is 0 Å². The fraction of sp³-hybridized carbons (Fsp3) is 0.714. The van der Waals surface area contributed by atoms with E-state index in [0.717, 1.165) is 6.54 Å². The maximum Gasteiger partial charge on any atom is -0.00142 e. The summed E-state index contributed by atoms with van der Waals surface area (Å²) in [7, 11) is 0. The minimum absolute atomic E-state index is 0.684. The molecule has 1 rings (SSSR count). The zero-order valence-electron chi connectivity index (χ0n) is 5.14. The number of hydrogen-bond donors (Lipinski definition) is 1. The molecule has 0 aromatic rings. The highest BCUT2D eigenvalue weighted by atomic mass is 14.5. The van der Waals surface area contributed by atoms with Crippen molar-refractivity contribution < 1.29 is 0 Å². The molecule has 0 aliphatic heterocycles. The van der Waals surface area contributed by atoms with Crippen LogP contribution >= 0.6 is 0 Å². The van der Waals surface area contributed by atoms with Gasteiger partial charge in [0.05, 0.1) is 0 Å². The van der Waals surface area contributed by atoms with Gasteiger partial charge in [0, 0.05) is 0 Å². The number of nitrogens with two attached hydrogens (primary N) is 1. The lowest BCUT2D eigenvalue weighted by Gasteiger charge is -2.12. The summed E-state index contributed by atoms with van der Waals surface area (Å²) in [5, 5.41) is 0. The Bertz CT molecular complexity index is 86.4. The van der Waals surface area contributed by atoms with Crippen LogP contribution in [-0.4, -0.2) is 6.54 Å². The van der Waals surface area contributed by atoms with Gasteiger partial charge >= 0.3 is 0 Å². The van der Waals surface area contributed by atoms with Gasteiger partial charge in [-0.05, 0) is 31.7 Å². The molecule has 46 valence electrons. The molecule has 2 N–H and O–H groups in total. The molecule has 1 aliphatic rings. The SMILES string of the molecule is NCC1C=CCCC1. The molecule has 1 heteroatoms. The molecule has 1 unspecified atom stereocenters. The van der Waals surface area contributed by atoms with Gasteiger partial charge in [0.2, 0.25) is 0 Å². The average Bonchev–Trinajstić information content (AvgIpc) is 1.90. The van der Waals surface area contributed by atoms with Gasteiger partial charge in [-0.2, -0.15) is 0 Å². The molecule has 0 aromatic heterocycles. The predicted molar refractivity (Wildman–Crippen MR) is 35.5 cm³/mol. The largest absolute Gasteiger partial charge is 0.330 e. The maximum atomic E-state index is 5.45. The summed E-state index contributed by atoms with van der Waals surface area (Å²) in [6, 6.07) is 0. The van der Waals surface area contributed by atoms with E-state index in [1.54, 1.807) is 0 Å². The fourth-order valence-corrected chi connectivity index (χ4v) is 1.08. The summed E-state index contributed by atoms with van der Waals surface area (Å²) in [4.78, 5) is 0. The van der Waals surface area contributed by atoms with Crippen LogP contribution in [0.2, 0.25) is 0 Å². The first-order valence-corrected chi connectivity index (χ1v) is 3.30. The van der Waals surface area contributed by atoms with Gasteiger partial charge in [-0.3, -0.25) is 0 Å². The molecule has 0 spiro atoms. The van der Waals surface area contributed by atoms with Crippen LogP contribution in [0.25, 0.3) is 0 Å². The highest BCUT2D eigenvalue weighted by molar-refractivity contribution is 4.92. The first-order valence-electron chi connectivity index (χ1n) is 3.30. The molecule has 0 fully saturated rings. The van der Waals surface area contributed by atoms with Crippen molar-refractivity contribution in [3.63, 3.8) is 0 Å². The minimum atomic E-state index is 0.684. The van der Waals surface area contributed by atoms with E-state index < -0.39 is 0 Å². The highest BCUT2D eigenvalue weighted by Crippen LogP contribution is 2.14. The van der Waals surface area contributed by atoms with Gasteiger partial charge in [0.1, 0.15) is 0 Å². The predicted octanol–water partition coefficient (Wildman–Crippen LogP) is 1.30. The number of allylic oxidation sites excluding steroid dienone is 1. The Kier molecular flexibility index (Phi) is 2.10. The van der Waals surface area contributed by atoms with E-state index in [4.69, 9.17) is 5.73 Å². The van der Waals surface area contributed by atoms with E-state index in [-0.39, 0.29) is 0 Å². The summed E-state index contributed by atoms with van der Waals surface area (Å²) in [5.74, 6) is 0.684. The van der Waals surface area contributed by atoms with Crippen molar-refractivity contribution in [1.82, 2.24) is 0 Å². The van der Waals surface area contributed by atoms with E-state index in [2.05, 4.69) is 12.2 Å². The van der Waals surface area contributed by atoms with Gasteiger partial charge in [0.25, 0.3) is 0 Å². The third-order valence-corrected chi connectivity index (χ3v) is 1.66. The van der Waals surface area contributed by atoms with Crippen molar-refractivity contribution in [3.05, 3.63) is 12.2 Å². The van der Waals surface area contributed by atoms with Crippen LogP contribution in [0.3, 0.4) is 0 Å². The summed E-state index contributed by atoms with van der Waals surface area (Å²) in [6.07, 6.45) is 8.37. The second-order valence-corrected chi connectivity index (χ2v) is 2.35. The van der Waals surface area contributed by atoms with Gasteiger partial charge in [-0.25, -0.2) is 0 Å². The van der Waals surface area contributed by atoms with E-state index >= 15 is 0 Å². The topological polar surface area (TPSA) is 26.0 Å². The maximum absolute atomic E-state index is 5.45. The van der Waals surface area contributed by atoms with E-state index in [0.29, 0.717) is 5.92 Å². The normalized spacial score (nSPS) is 28.4. The van der Waals surface area contributed by atoms with Gasteiger partial charge in [0.15, 0.2) is 0 Å². The molecule has 0 radical (unpaired) electrons. The second-order valence-electron chi connectivity index (χ2n) is 2.35. The second kappa shape index (κ2) is 2.88. The summed E-state index contributed by atoms with van der Waals surface area (Å²) < 4.78 is 0. The number of rotatable bonds is 1. The van der Waals surface area contributed by atoms with Crippen molar-refractivity contribution >= 4 is 0 Å². The molecular weight excluding hydrogens is 98.1 g/mol. The lowest BCUT2D eigenvalue weighted by Crippen LogP contribution is -2.13. The molecule has 1 aliphatic carbocycles. The van der Waals surface area contributed by atoms with Crippen LogP contribution in [-0.2, 0) is 0 Å². The third kappa shape index (κ3) is 1.34. The highest BCUT2D eigenvalue weighted by Gasteiger charge is 2.03. The molecule has 0 saturated carbocycles. The van der Waals surface area contributed by atoms with Crippen LogP contribution in [0.15, 0.2) is 12.2 Å². The summed E-state index contributed by atoms with van der Waals surface area (Å²) in [6.45, 7) is 0.830. The van der Waals surface area contributed by atoms with Crippen molar-refractivity contribution in [2.75, 3.05) is 6.54 Å². The Balaban J connectivity index is 2.32. The van der Waals surface area contributed by atoms with Crippen LogP contribution in [0, 0.1) is 5.92 Å². The van der Waals surface area contributed by atoms with Crippen molar-refractivity contribution in [2.24, 2.45) is 11.7 Å². The van der Waals surface area contributed by atoms with Crippen molar-refractivity contribution in [2.45, 2.75) is 19.3 Å². The lowest BCUT2D eigenvalue weighted by molar-refractivity contribution is 0.550. The molecule has 0 heterocycles. The monoisotopic (exact) mass is 111 g/mol. The van der Waals surface area contributed by atoms with Gasteiger partial charge < -0.3 is 5.73 Å². The molecule has 1 atom stereocenters. The average molecular weight is 111 g/mol. The molecule has 1 nitrogen and oxygen atoms in total. The van der Waals surface area contributed by atoms with Gasteiger partial charge in [-0.1, -0.05) is 12.2 Å². The quantitative estimate of drug-likeness (QED) is 0.507. The molecular formula is C7H13N. The van der Waals surface area contributed by atoms with Crippen molar-refractivity contribution in [3.8, 4) is 0 Å². The molecule has 0 aromatic carbocycles. The van der Waals surface area contributed by atoms with E-state index in [1.165, 1.54) is 19.3 Å². The lowest BCUT2D eigenvalue weighted by atomic mass is 9.96. The smallest absolute Gasteiger partial charge is 0.00142 e. The van der Waals surface area contributed by atoms with Gasteiger partial charge in [-0.15, -0.1) is 0 Å². The summed E-state index contributed by atoms with van der Waals surface area (Å²) in [5.41, 5.74) is 5.45. The van der Waals surface area contributed by atoms with Crippen LogP contribution in [0.1, 0.15) is 19.3 Å². The van der Waals surface area contributed by atoms with E-state index in [1.807, 2.05) is 0 Å². The minimum Gasteiger partial charge on any atom is -0.330 e. The molecule has 0 saturated heterocycles.